The van der Waals surface area contributed by atoms with Crippen molar-refractivity contribution < 1.29 is 4.74 Å². The Morgan fingerprint density at radius 2 is 1.71 bits per heavy atom. The molecular formula is C15H23NO. The summed E-state index contributed by atoms with van der Waals surface area (Å²) in [4.78, 5) is 0. The van der Waals surface area contributed by atoms with Gasteiger partial charge in [-0.1, -0.05) is 26.0 Å². The number of nitrogens with two attached hydrogens (primary N) is 1. The van der Waals surface area contributed by atoms with E-state index in [1.54, 1.807) is 0 Å². The summed E-state index contributed by atoms with van der Waals surface area (Å²) in [6.07, 6.45) is 5.45. The molecule has 17 heavy (non-hydrogen) atoms. The number of hydrogen-bond donors (Lipinski definition) is 1. The second-order valence-corrected chi connectivity index (χ2v) is 5.36. The minimum atomic E-state index is 0.121. The van der Waals surface area contributed by atoms with Crippen molar-refractivity contribution in [1.82, 2.24) is 0 Å². The van der Waals surface area contributed by atoms with Gasteiger partial charge in [0.25, 0.3) is 0 Å². The molecule has 1 aromatic carbocycles. The van der Waals surface area contributed by atoms with Crippen LogP contribution < -0.4 is 10.5 Å². The summed E-state index contributed by atoms with van der Waals surface area (Å²) < 4.78 is 5.93. The van der Waals surface area contributed by atoms with E-state index in [2.05, 4.69) is 38.1 Å². The first-order chi connectivity index (χ1) is 8.16. The maximum Gasteiger partial charge on any atom is 0.119 e. The van der Waals surface area contributed by atoms with Crippen LogP contribution >= 0.6 is 0 Å². The summed E-state index contributed by atoms with van der Waals surface area (Å²) in [6, 6.07) is 8.41. The largest absolute Gasteiger partial charge is 0.490 e. The fraction of sp³-hybridized carbons (Fsp3) is 0.600. The van der Waals surface area contributed by atoms with Crippen molar-refractivity contribution in [3.05, 3.63) is 29.8 Å². The van der Waals surface area contributed by atoms with Crippen molar-refractivity contribution in [2.45, 2.75) is 51.7 Å². The molecule has 2 rings (SSSR count). The number of ether oxygens (including phenoxy) is 1. The highest BCUT2D eigenvalue weighted by Crippen LogP contribution is 2.26. The molecule has 1 unspecified atom stereocenters. The van der Waals surface area contributed by atoms with E-state index in [0.717, 1.165) is 5.75 Å². The Balaban J connectivity index is 1.97. The van der Waals surface area contributed by atoms with Gasteiger partial charge < -0.3 is 10.5 Å². The van der Waals surface area contributed by atoms with Crippen LogP contribution in [0.3, 0.4) is 0 Å². The normalized spacial score (nSPS) is 18.6. The lowest BCUT2D eigenvalue weighted by atomic mass is 9.97. The van der Waals surface area contributed by atoms with Gasteiger partial charge >= 0.3 is 0 Å². The van der Waals surface area contributed by atoms with Crippen LogP contribution in [-0.2, 0) is 0 Å². The molecule has 0 spiro atoms. The lowest BCUT2D eigenvalue weighted by Crippen LogP contribution is -2.16. The highest BCUT2D eigenvalue weighted by atomic mass is 16.5. The molecule has 0 saturated heterocycles. The smallest absolute Gasteiger partial charge is 0.119 e. The van der Waals surface area contributed by atoms with E-state index >= 15 is 0 Å². The van der Waals surface area contributed by atoms with E-state index in [9.17, 15) is 0 Å². The summed E-state index contributed by atoms with van der Waals surface area (Å²) in [5, 5.41) is 0. The summed E-state index contributed by atoms with van der Waals surface area (Å²) in [6.45, 7) is 4.29. The average molecular weight is 233 g/mol. The third-order valence-electron chi connectivity index (χ3n) is 3.59. The Bertz CT molecular complexity index is 338. The second-order valence-electron chi connectivity index (χ2n) is 5.36. The van der Waals surface area contributed by atoms with Crippen molar-refractivity contribution in [2.75, 3.05) is 0 Å². The molecule has 1 atom stereocenters. The first-order valence-electron chi connectivity index (χ1n) is 6.69. The average Bonchev–Trinajstić information content (AvgIpc) is 2.82. The molecule has 1 aromatic rings. The van der Waals surface area contributed by atoms with E-state index in [0.29, 0.717) is 12.0 Å². The van der Waals surface area contributed by atoms with Crippen molar-refractivity contribution in [2.24, 2.45) is 11.7 Å². The van der Waals surface area contributed by atoms with Crippen molar-refractivity contribution in [1.29, 1.82) is 0 Å². The van der Waals surface area contributed by atoms with Gasteiger partial charge in [0.15, 0.2) is 0 Å². The minimum absolute atomic E-state index is 0.121. The summed E-state index contributed by atoms with van der Waals surface area (Å²) in [7, 11) is 0. The van der Waals surface area contributed by atoms with Gasteiger partial charge in [-0.15, -0.1) is 0 Å². The van der Waals surface area contributed by atoms with Crippen LogP contribution in [0.4, 0.5) is 0 Å². The standard InChI is InChI=1S/C15H23NO/c1-11(2)15(16)12-7-9-14(10-8-12)17-13-5-3-4-6-13/h7-11,13,15H,3-6,16H2,1-2H3. The first kappa shape index (κ1) is 12.4. The van der Waals surface area contributed by atoms with Crippen molar-refractivity contribution in [3.8, 4) is 5.75 Å². The molecule has 0 aliphatic heterocycles. The van der Waals surface area contributed by atoms with Gasteiger partial charge in [0.1, 0.15) is 5.75 Å². The van der Waals surface area contributed by atoms with E-state index in [4.69, 9.17) is 10.5 Å². The van der Waals surface area contributed by atoms with Gasteiger partial charge in [-0.05, 0) is 49.3 Å². The van der Waals surface area contributed by atoms with Crippen LogP contribution in [-0.4, -0.2) is 6.10 Å². The Kier molecular flexibility index (Phi) is 4.06. The molecule has 2 N–H and O–H groups in total. The summed E-state index contributed by atoms with van der Waals surface area (Å²) >= 11 is 0. The SMILES string of the molecule is CC(C)C(N)c1ccc(OC2CCCC2)cc1. The molecule has 0 amide bonds. The van der Waals surface area contributed by atoms with Gasteiger partial charge in [0, 0.05) is 6.04 Å². The van der Waals surface area contributed by atoms with E-state index in [1.807, 2.05) is 0 Å². The molecule has 1 aliphatic rings. The fourth-order valence-electron chi connectivity index (χ4n) is 2.35. The van der Waals surface area contributed by atoms with Crippen LogP contribution in [0.15, 0.2) is 24.3 Å². The molecule has 1 saturated carbocycles. The van der Waals surface area contributed by atoms with Crippen molar-refractivity contribution in [3.63, 3.8) is 0 Å². The molecule has 0 radical (unpaired) electrons. The number of hydrogen-bond acceptors (Lipinski definition) is 2. The number of benzene rings is 1. The van der Waals surface area contributed by atoms with Crippen LogP contribution in [0.2, 0.25) is 0 Å². The highest BCUT2D eigenvalue weighted by Gasteiger charge is 2.16. The Hall–Kier alpha value is -1.02. The molecule has 94 valence electrons. The Labute approximate surface area is 104 Å². The predicted molar refractivity (Wildman–Crippen MR) is 71.1 cm³/mol. The van der Waals surface area contributed by atoms with Crippen LogP contribution in [0.1, 0.15) is 51.1 Å². The molecule has 0 bridgehead atoms. The molecule has 1 aliphatic carbocycles. The maximum atomic E-state index is 6.11. The van der Waals surface area contributed by atoms with E-state index in [1.165, 1.54) is 31.2 Å². The topological polar surface area (TPSA) is 35.2 Å². The monoisotopic (exact) mass is 233 g/mol. The number of rotatable bonds is 4. The molecular weight excluding hydrogens is 210 g/mol. The molecule has 0 aromatic heterocycles. The lowest BCUT2D eigenvalue weighted by molar-refractivity contribution is 0.210. The maximum absolute atomic E-state index is 6.11. The third kappa shape index (κ3) is 3.22. The van der Waals surface area contributed by atoms with E-state index in [-0.39, 0.29) is 6.04 Å². The van der Waals surface area contributed by atoms with Crippen molar-refractivity contribution >= 4 is 0 Å². The molecule has 1 fully saturated rings. The molecule has 2 nitrogen and oxygen atoms in total. The first-order valence-corrected chi connectivity index (χ1v) is 6.69. The zero-order chi connectivity index (χ0) is 12.3. The summed E-state index contributed by atoms with van der Waals surface area (Å²) in [5.74, 6) is 1.45. The lowest BCUT2D eigenvalue weighted by Gasteiger charge is -2.17. The Morgan fingerprint density at radius 1 is 1.12 bits per heavy atom. The fourth-order valence-corrected chi connectivity index (χ4v) is 2.35. The van der Waals surface area contributed by atoms with Gasteiger partial charge in [-0.25, -0.2) is 0 Å². The van der Waals surface area contributed by atoms with Gasteiger partial charge in [-0.3, -0.25) is 0 Å². The second kappa shape index (κ2) is 5.54. The van der Waals surface area contributed by atoms with Gasteiger partial charge in [0.05, 0.1) is 6.10 Å². The highest BCUT2D eigenvalue weighted by molar-refractivity contribution is 5.29. The van der Waals surface area contributed by atoms with Crippen LogP contribution in [0.25, 0.3) is 0 Å². The molecule has 0 heterocycles. The third-order valence-corrected chi connectivity index (χ3v) is 3.59. The van der Waals surface area contributed by atoms with Crippen LogP contribution in [0, 0.1) is 5.92 Å². The van der Waals surface area contributed by atoms with Gasteiger partial charge in [-0.2, -0.15) is 0 Å². The predicted octanol–water partition coefficient (Wildman–Crippen LogP) is 3.66. The van der Waals surface area contributed by atoms with Crippen LogP contribution in [0.5, 0.6) is 5.75 Å². The zero-order valence-electron chi connectivity index (χ0n) is 10.9. The quantitative estimate of drug-likeness (QED) is 0.861. The van der Waals surface area contributed by atoms with E-state index < -0.39 is 0 Å². The zero-order valence-corrected chi connectivity index (χ0v) is 10.9. The van der Waals surface area contributed by atoms with Gasteiger partial charge in [0.2, 0.25) is 0 Å². The Morgan fingerprint density at radius 3 is 2.24 bits per heavy atom. The minimum Gasteiger partial charge on any atom is -0.490 e. The molecule has 2 heteroatoms. The summed E-state index contributed by atoms with van der Waals surface area (Å²) in [5.41, 5.74) is 7.30.